The van der Waals surface area contributed by atoms with E-state index in [-0.39, 0.29) is 11.2 Å². The summed E-state index contributed by atoms with van der Waals surface area (Å²) in [5.41, 5.74) is 3.85. The van der Waals surface area contributed by atoms with Crippen LogP contribution >= 0.6 is 0 Å². The molecule has 4 aromatic heterocycles. The summed E-state index contributed by atoms with van der Waals surface area (Å²) in [4.78, 5) is 18.3. The fourth-order valence-electron chi connectivity index (χ4n) is 4.21. The maximum absolute atomic E-state index is 13.6. The van der Waals surface area contributed by atoms with Gasteiger partial charge in [0.1, 0.15) is 0 Å². The van der Waals surface area contributed by atoms with Gasteiger partial charge in [0.25, 0.3) is 5.95 Å². The van der Waals surface area contributed by atoms with Crippen LogP contribution in [-0.4, -0.2) is 54.9 Å². The van der Waals surface area contributed by atoms with Crippen LogP contribution in [0.5, 0.6) is 0 Å². The Balaban J connectivity index is 1.48. The van der Waals surface area contributed by atoms with Crippen molar-refractivity contribution < 1.29 is 0 Å². The van der Waals surface area contributed by atoms with Gasteiger partial charge in [-0.25, -0.2) is 14.0 Å². The van der Waals surface area contributed by atoms with Gasteiger partial charge in [0.2, 0.25) is 5.82 Å². The molecule has 190 valence electrons. The van der Waals surface area contributed by atoms with Crippen LogP contribution in [0.1, 0.15) is 51.9 Å². The molecule has 5 rings (SSSR count). The average Bonchev–Trinajstić information content (AvgIpc) is 3.65. The zero-order valence-electron chi connectivity index (χ0n) is 21.3. The molecule has 12 nitrogen and oxygen atoms in total. The zero-order valence-corrected chi connectivity index (χ0v) is 21.3. The number of H-pyrrole nitrogens is 1. The highest BCUT2D eigenvalue weighted by Crippen LogP contribution is 2.29. The van der Waals surface area contributed by atoms with E-state index in [1.807, 2.05) is 69.6 Å². The van der Waals surface area contributed by atoms with E-state index in [0.717, 1.165) is 47.3 Å². The smallest absolute Gasteiger partial charge is 0.290 e. The second-order valence-corrected chi connectivity index (χ2v) is 9.84. The molecule has 37 heavy (non-hydrogen) atoms. The Morgan fingerprint density at radius 2 is 1.84 bits per heavy atom. The lowest BCUT2D eigenvalue weighted by atomic mass is 10.0. The Labute approximate surface area is 213 Å². The van der Waals surface area contributed by atoms with Gasteiger partial charge in [0.15, 0.2) is 0 Å². The van der Waals surface area contributed by atoms with Gasteiger partial charge < -0.3 is 0 Å². The summed E-state index contributed by atoms with van der Waals surface area (Å²) in [6.07, 6.45) is 6.41. The number of hydrogen-bond donors (Lipinski definition) is 1. The number of hydrogen-bond acceptors (Lipinski definition) is 8. The molecular formula is C25H29N11O. The van der Waals surface area contributed by atoms with Crippen LogP contribution in [0.15, 0.2) is 53.6 Å². The summed E-state index contributed by atoms with van der Waals surface area (Å²) in [6, 6.07) is 11.8. The summed E-state index contributed by atoms with van der Waals surface area (Å²) in [5.74, 6) is 0.918. The second kappa shape index (κ2) is 9.88. The van der Waals surface area contributed by atoms with Gasteiger partial charge in [-0.1, -0.05) is 48.8 Å². The number of aromatic amines is 1. The number of pyridine rings is 1. The van der Waals surface area contributed by atoms with Crippen molar-refractivity contribution in [3.8, 4) is 28.5 Å². The van der Waals surface area contributed by atoms with Crippen LogP contribution in [-0.2, 0) is 18.5 Å². The van der Waals surface area contributed by atoms with E-state index in [1.165, 1.54) is 4.57 Å². The topological polar surface area (TPSA) is 138 Å². The predicted molar refractivity (Wildman–Crippen MR) is 137 cm³/mol. The average molecular weight is 500 g/mol. The van der Waals surface area contributed by atoms with E-state index in [0.29, 0.717) is 18.3 Å². The Kier molecular flexibility index (Phi) is 6.47. The largest absolute Gasteiger partial charge is 0.335 e. The van der Waals surface area contributed by atoms with Crippen molar-refractivity contribution in [3.63, 3.8) is 0 Å². The molecule has 0 aliphatic heterocycles. The third-order valence-electron chi connectivity index (χ3n) is 6.12. The third kappa shape index (κ3) is 4.82. The molecule has 4 heterocycles. The standard InChI is InChI=1S/C25H29N11O/c1-5-6-9-19-16-35(23-29-32-33-36(23)25(2,3)4)24(37)34(19)15-18-13-12-17(14-26-18)20-10-7-8-11-21(20)22-27-30-31-28-22/h7-8,10-14,16H,5-6,9,15H2,1-4H3,(H,27,28,30,31). The van der Waals surface area contributed by atoms with E-state index >= 15 is 0 Å². The minimum Gasteiger partial charge on any atom is -0.290 e. The van der Waals surface area contributed by atoms with Crippen molar-refractivity contribution >= 4 is 0 Å². The highest BCUT2D eigenvalue weighted by Gasteiger charge is 2.24. The maximum atomic E-state index is 13.6. The van der Waals surface area contributed by atoms with Gasteiger partial charge in [-0.15, -0.1) is 10.2 Å². The Morgan fingerprint density at radius 3 is 2.51 bits per heavy atom. The van der Waals surface area contributed by atoms with Crippen molar-refractivity contribution in [1.29, 1.82) is 0 Å². The highest BCUT2D eigenvalue weighted by molar-refractivity contribution is 5.79. The molecule has 0 saturated carbocycles. The van der Waals surface area contributed by atoms with Crippen molar-refractivity contribution in [2.75, 3.05) is 0 Å². The number of imidazole rings is 1. The third-order valence-corrected chi connectivity index (χ3v) is 6.12. The first-order valence-corrected chi connectivity index (χ1v) is 12.2. The lowest BCUT2D eigenvalue weighted by Gasteiger charge is -2.19. The highest BCUT2D eigenvalue weighted by atomic mass is 16.2. The normalized spacial score (nSPS) is 11.8. The van der Waals surface area contributed by atoms with E-state index in [2.05, 4.69) is 48.1 Å². The van der Waals surface area contributed by atoms with Crippen LogP contribution in [0.4, 0.5) is 0 Å². The van der Waals surface area contributed by atoms with E-state index in [1.54, 1.807) is 9.25 Å². The number of aromatic nitrogens is 11. The molecule has 12 heteroatoms. The number of nitrogens with zero attached hydrogens (tertiary/aromatic N) is 10. The number of unbranched alkanes of at least 4 members (excludes halogenated alkanes) is 1. The Morgan fingerprint density at radius 1 is 1.03 bits per heavy atom. The molecule has 0 fully saturated rings. The number of aryl methyl sites for hydroxylation is 1. The van der Waals surface area contributed by atoms with Crippen molar-refractivity contribution in [3.05, 3.63) is 70.7 Å². The molecule has 5 aromatic rings. The predicted octanol–water partition coefficient (Wildman–Crippen LogP) is 3.01. The van der Waals surface area contributed by atoms with Crippen molar-refractivity contribution in [2.45, 2.75) is 59.0 Å². The fraction of sp³-hybridized carbons (Fsp3) is 0.360. The molecule has 0 radical (unpaired) electrons. The quantitative estimate of drug-likeness (QED) is 0.344. The molecule has 0 amide bonds. The zero-order chi connectivity index (χ0) is 26.0. The van der Waals surface area contributed by atoms with Crippen LogP contribution in [0.25, 0.3) is 28.5 Å². The van der Waals surface area contributed by atoms with Gasteiger partial charge in [0.05, 0.1) is 17.8 Å². The lowest BCUT2D eigenvalue weighted by molar-refractivity contribution is 0.342. The number of benzene rings is 1. The van der Waals surface area contributed by atoms with Crippen LogP contribution in [0.2, 0.25) is 0 Å². The first-order chi connectivity index (χ1) is 17.9. The SMILES string of the molecule is CCCCc1cn(-c2nnnn2C(C)(C)C)c(=O)n1Cc1ccc(-c2ccccc2-c2nn[nH]n2)cn1. The first-order valence-electron chi connectivity index (χ1n) is 12.2. The molecule has 0 aliphatic carbocycles. The monoisotopic (exact) mass is 499 g/mol. The molecule has 1 aromatic carbocycles. The van der Waals surface area contributed by atoms with E-state index < -0.39 is 0 Å². The van der Waals surface area contributed by atoms with Gasteiger partial charge in [-0.2, -0.15) is 5.21 Å². The van der Waals surface area contributed by atoms with Gasteiger partial charge in [-0.3, -0.25) is 9.55 Å². The summed E-state index contributed by atoms with van der Waals surface area (Å²) < 4.78 is 4.95. The van der Waals surface area contributed by atoms with Gasteiger partial charge in [-0.05, 0) is 60.9 Å². The minimum absolute atomic E-state index is 0.195. The second-order valence-electron chi connectivity index (χ2n) is 9.84. The Hall–Kier alpha value is -4.48. The Bertz CT molecular complexity index is 1540. The molecular weight excluding hydrogens is 470 g/mol. The molecule has 0 spiro atoms. The molecule has 0 unspecified atom stereocenters. The molecule has 0 atom stereocenters. The van der Waals surface area contributed by atoms with Crippen molar-refractivity contribution in [1.82, 2.24) is 54.9 Å². The van der Waals surface area contributed by atoms with Crippen LogP contribution in [0.3, 0.4) is 0 Å². The van der Waals surface area contributed by atoms with E-state index in [9.17, 15) is 4.79 Å². The molecule has 0 aliphatic rings. The fourth-order valence-corrected chi connectivity index (χ4v) is 4.21. The summed E-state index contributed by atoms with van der Waals surface area (Å²) in [6.45, 7) is 8.46. The first kappa shape index (κ1) is 24.2. The summed E-state index contributed by atoms with van der Waals surface area (Å²) in [7, 11) is 0. The molecule has 0 bridgehead atoms. The lowest BCUT2D eigenvalue weighted by Crippen LogP contribution is -2.31. The molecule has 0 saturated heterocycles. The number of rotatable bonds is 8. The van der Waals surface area contributed by atoms with Crippen LogP contribution in [0, 0.1) is 0 Å². The van der Waals surface area contributed by atoms with E-state index in [4.69, 9.17) is 0 Å². The molecule has 1 N–H and O–H groups in total. The number of tetrazole rings is 2. The summed E-state index contributed by atoms with van der Waals surface area (Å²) in [5, 5.41) is 26.5. The van der Waals surface area contributed by atoms with Crippen molar-refractivity contribution in [2.24, 2.45) is 0 Å². The van der Waals surface area contributed by atoms with Gasteiger partial charge >= 0.3 is 5.69 Å². The summed E-state index contributed by atoms with van der Waals surface area (Å²) >= 11 is 0. The number of nitrogens with one attached hydrogen (secondary N) is 1. The minimum atomic E-state index is -0.376. The maximum Gasteiger partial charge on any atom is 0.335 e. The van der Waals surface area contributed by atoms with Crippen LogP contribution < -0.4 is 5.69 Å². The van der Waals surface area contributed by atoms with Gasteiger partial charge in [0, 0.05) is 29.2 Å².